The maximum atomic E-state index is 13.0. The number of pyridine rings is 1. The first-order valence-corrected chi connectivity index (χ1v) is 11.3. The summed E-state index contributed by atoms with van der Waals surface area (Å²) >= 11 is 0. The van der Waals surface area contributed by atoms with E-state index in [0.717, 1.165) is 39.2 Å². The predicted molar refractivity (Wildman–Crippen MR) is 134 cm³/mol. The number of aromatic amines is 1. The summed E-state index contributed by atoms with van der Waals surface area (Å²) in [6.45, 7) is 0.400. The van der Waals surface area contributed by atoms with Crippen molar-refractivity contribution in [3.63, 3.8) is 0 Å². The van der Waals surface area contributed by atoms with Gasteiger partial charge in [0, 0.05) is 35.6 Å². The molecule has 34 heavy (non-hydrogen) atoms. The van der Waals surface area contributed by atoms with Crippen molar-refractivity contribution in [1.29, 1.82) is 0 Å². The van der Waals surface area contributed by atoms with Crippen molar-refractivity contribution in [3.8, 4) is 11.5 Å². The molecule has 0 spiro atoms. The first-order valence-electron chi connectivity index (χ1n) is 11.3. The number of fused-ring (bicyclic) bond motifs is 1. The van der Waals surface area contributed by atoms with Gasteiger partial charge in [-0.05, 0) is 53.6 Å². The SMILES string of the molecule is O=C(CC(c1cccc(Oc2ccccc2)c1)c1c[nH]c2ccccc12)NCc1ccccn1. The van der Waals surface area contributed by atoms with Gasteiger partial charge in [-0.15, -0.1) is 0 Å². The van der Waals surface area contributed by atoms with Crippen LogP contribution in [-0.2, 0) is 11.3 Å². The Morgan fingerprint density at radius 2 is 1.68 bits per heavy atom. The number of hydrogen-bond donors (Lipinski definition) is 2. The molecule has 0 aliphatic heterocycles. The zero-order valence-corrected chi connectivity index (χ0v) is 18.6. The molecule has 2 aromatic heterocycles. The van der Waals surface area contributed by atoms with Gasteiger partial charge in [0.05, 0.1) is 12.2 Å². The summed E-state index contributed by atoms with van der Waals surface area (Å²) in [5.74, 6) is 1.34. The lowest BCUT2D eigenvalue weighted by Crippen LogP contribution is -2.25. The summed E-state index contributed by atoms with van der Waals surface area (Å²) in [6, 6.07) is 31.5. The second-order valence-electron chi connectivity index (χ2n) is 8.13. The van der Waals surface area contributed by atoms with Crippen LogP contribution in [0.1, 0.15) is 29.2 Å². The molecule has 0 aliphatic carbocycles. The number of benzene rings is 3. The van der Waals surface area contributed by atoms with Crippen LogP contribution in [0.25, 0.3) is 10.9 Å². The zero-order chi connectivity index (χ0) is 23.2. The molecule has 1 amide bonds. The normalized spacial score (nSPS) is 11.8. The van der Waals surface area contributed by atoms with Gasteiger partial charge in [-0.1, -0.05) is 54.6 Å². The molecule has 5 aromatic rings. The molecule has 0 saturated heterocycles. The Bertz CT molecular complexity index is 1380. The third-order valence-corrected chi connectivity index (χ3v) is 5.82. The average molecular weight is 448 g/mol. The Morgan fingerprint density at radius 3 is 2.53 bits per heavy atom. The minimum atomic E-state index is -0.140. The highest BCUT2D eigenvalue weighted by Gasteiger charge is 2.22. The minimum absolute atomic E-state index is 0.0321. The highest BCUT2D eigenvalue weighted by Crippen LogP contribution is 2.35. The van der Waals surface area contributed by atoms with E-state index in [0.29, 0.717) is 13.0 Å². The molecule has 1 unspecified atom stereocenters. The molecule has 5 nitrogen and oxygen atoms in total. The molecule has 0 saturated carbocycles. The van der Waals surface area contributed by atoms with E-state index in [2.05, 4.69) is 27.4 Å². The first-order chi connectivity index (χ1) is 16.8. The largest absolute Gasteiger partial charge is 0.457 e. The van der Waals surface area contributed by atoms with Crippen LogP contribution in [0.4, 0.5) is 0 Å². The number of amides is 1. The second kappa shape index (κ2) is 10.0. The van der Waals surface area contributed by atoms with Crippen molar-refractivity contribution in [1.82, 2.24) is 15.3 Å². The highest BCUT2D eigenvalue weighted by molar-refractivity contribution is 5.86. The lowest BCUT2D eigenvalue weighted by atomic mass is 9.88. The summed E-state index contributed by atoms with van der Waals surface area (Å²) in [4.78, 5) is 20.7. The lowest BCUT2D eigenvalue weighted by molar-refractivity contribution is -0.121. The van der Waals surface area contributed by atoms with Crippen LogP contribution in [0.3, 0.4) is 0 Å². The predicted octanol–water partition coefficient (Wildman–Crippen LogP) is 6.19. The second-order valence-corrected chi connectivity index (χ2v) is 8.13. The van der Waals surface area contributed by atoms with Gasteiger partial charge in [0.15, 0.2) is 0 Å². The maximum absolute atomic E-state index is 13.0. The van der Waals surface area contributed by atoms with Crippen molar-refractivity contribution in [3.05, 3.63) is 126 Å². The quantitative estimate of drug-likeness (QED) is 0.298. The number of para-hydroxylation sites is 2. The van der Waals surface area contributed by atoms with Crippen molar-refractivity contribution >= 4 is 16.8 Å². The van der Waals surface area contributed by atoms with Crippen LogP contribution in [0, 0.1) is 0 Å². The third-order valence-electron chi connectivity index (χ3n) is 5.82. The van der Waals surface area contributed by atoms with E-state index >= 15 is 0 Å². The Balaban J connectivity index is 1.43. The standard InChI is InChI=1S/C29H25N3O2/c33-29(32-19-22-10-6-7-16-30-22)18-26(27-20-31-28-15-5-4-14-25(27)28)21-9-8-13-24(17-21)34-23-11-2-1-3-12-23/h1-17,20,26,31H,18-19H2,(H,32,33). The van der Waals surface area contributed by atoms with Gasteiger partial charge in [-0.2, -0.15) is 0 Å². The molecule has 1 atom stereocenters. The average Bonchev–Trinajstić information content (AvgIpc) is 3.31. The smallest absolute Gasteiger partial charge is 0.221 e. The third kappa shape index (κ3) is 4.99. The molecule has 0 radical (unpaired) electrons. The Morgan fingerprint density at radius 1 is 0.882 bits per heavy atom. The van der Waals surface area contributed by atoms with Gasteiger partial charge >= 0.3 is 0 Å². The van der Waals surface area contributed by atoms with E-state index in [-0.39, 0.29) is 11.8 Å². The van der Waals surface area contributed by atoms with Crippen LogP contribution >= 0.6 is 0 Å². The topological polar surface area (TPSA) is 67.0 Å². The zero-order valence-electron chi connectivity index (χ0n) is 18.6. The van der Waals surface area contributed by atoms with Crippen LogP contribution in [-0.4, -0.2) is 15.9 Å². The van der Waals surface area contributed by atoms with Crippen LogP contribution in [0.5, 0.6) is 11.5 Å². The van der Waals surface area contributed by atoms with Crippen molar-refractivity contribution in [2.24, 2.45) is 0 Å². The molecule has 0 bridgehead atoms. The lowest BCUT2D eigenvalue weighted by Gasteiger charge is -2.18. The molecule has 2 heterocycles. The number of nitrogens with one attached hydrogen (secondary N) is 2. The van der Waals surface area contributed by atoms with E-state index in [1.54, 1.807) is 6.20 Å². The highest BCUT2D eigenvalue weighted by atomic mass is 16.5. The number of H-pyrrole nitrogens is 1. The minimum Gasteiger partial charge on any atom is -0.457 e. The van der Waals surface area contributed by atoms with Gasteiger partial charge in [0.25, 0.3) is 0 Å². The van der Waals surface area contributed by atoms with Crippen molar-refractivity contribution in [2.45, 2.75) is 18.9 Å². The van der Waals surface area contributed by atoms with Crippen molar-refractivity contribution in [2.75, 3.05) is 0 Å². The number of nitrogens with zero attached hydrogens (tertiary/aromatic N) is 1. The fourth-order valence-electron chi connectivity index (χ4n) is 4.16. The summed E-state index contributed by atoms with van der Waals surface area (Å²) in [5, 5.41) is 4.13. The van der Waals surface area contributed by atoms with E-state index in [4.69, 9.17) is 4.74 Å². The number of hydrogen-bond acceptors (Lipinski definition) is 3. The van der Waals surface area contributed by atoms with Gasteiger partial charge in [0.2, 0.25) is 5.91 Å². The molecule has 168 valence electrons. The Hall–Kier alpha value is -4.38. The van der Waals surface area contributed by atoms with Gasteiger partial charge in [-0.25, -0.2) is 0 Å². The van der Waals surface area contributed by atoms with E-state index in [1.165, 1.54) is 0 Å². The van der Waals surface area contributed by atoms with Gasteiger partial charge in [0.1, 0.15) is 11.5 Å². The fourth-order valence-corrected chi connectivity index (χ4v) is 4.16. The van der Waals surface area contributed by atoms with Crippen LogP contribution in [0.2, 0.25) is 0 Å². The number of carbonyl (C=O) groups is 1. The molecule has 5 heteroatoms. The number of ether oxygens (including phenoxy) is 1. The maximum Gasteiger partial charge on any atom is 0.221 e. The molecule has 3 aromatic carbocycles. The molecule has 0 fully saturated rings. The van der Waals surface area contributed by atoms with Crippen molar-refractivity contribution < 1.29 is 9.53 Å². The molecule has 0 aliphatic rings. The number of carbonyl (C=O) groups excluding carboxylic acids is 1. The monoisotopic (exact) mass is 447 g/mol. The molecule has 5 rings (SSSR count). The molecular formula is C29H25N3O2. The Labute approximate surface area is 198 Å². The molecular weight excluding hydrogens is 422 g/mol. The Kier molecular flexibility index (Phi) is 6.34. The summed E-state index contributed by atoms with van der Waals surface area (Å²) in [7, 11) is 0. The van der Waals surface area contributed by atoms with E-state index in [9.17, 15) is 4.79 Å². The van der Waals surface area contributed by atoms with Crippen LogP contribution in [0.15, 0.2) is 109 Å². The fraction of sp³-hybridized carbons (Fsp3) is 0.103. The van der Waals surface area contributed by atoms with E-state index in [1.807, 2.05) is 91.1 Å². The van der Waals surface area contributed by atoms with Gasteiger partial charge in [-0.3, -0.25) is 9.78 Å². The van der Waals surface area contributed by atoms with E-state index < -0.39 is 0 Å². The van der Waals surface area contributed by atoms with Gasteiger partial charge < -0.3 is 15.0 Å². The summed E-state index contributed by atoms with van der Waals surface area (Å²) < 4.78 is 6.07. The number of aromatic nitrogens is 2. The molecule has 2 N–H and O–H groups in total. The first kappa shape index (κ1) is 21.5. The summed E-state index contributed by atoms with van der Waals surface area (Å²) in [5.41, 5.74) is 3.98. The summed E-state index contributed by atoms with van der Waals surface area (Å²) in [6.07, 6.45) is 4.05. The van der Waals surface area contributed by atoms with Crippen LogP contribution < -0.4 is 10.1 Å². The number of rotatable bonds is 8.